The summed E-state index contributed by atoms with van der Waals surface area (Å²) >= 11 is 0. The van der Waals surface area contributed by atoms with Crippen LogP contribution in [0.15, 0.2) is 42.5 Å². The molecule has 1 aliphatic carbocycles. The van der Waals surface area contributed by atoms with E-state index >= 15 is 0 Å². The molecule has 3 heteroatoms. The van der Waals surface area contributed by atoms with E-state index in [1.807, 2.05) is 19.9 Å². The summed E-state index contributed by atoms with van der Waals surface area (Å²) in [6, 6.07) is 14.5. The molecule has 2 atom stereocenters. The van der Waals surface area contributed by atoms with Gasteiger partial charge in [0.05, 0.1) is 6.04 Å². The quantitative estimate of drug-likeness (QED) is 0.803. The molecule has 0 spiro atoms. The van der Waals surface area contributed by atoms with Crippen LogP contribution in [-0.4, -0.2) is 12.0 Å². The monoisotopic (exact) mass is 351 g/mol. The maximum atomic E-state index is 12.7. The SMILES string of the molecule is CC[C@H](Oc1ccc2c(c1)CCCC2)C(=O)N[C@H](C)c1ccc(C)cc1. The lowest BCUT2D eigenvalue weighted by Crippen LogP contribution is -2.39. The summed E-state index contributed by atoms with van der Waals surface area (Å²) in [6.45, 7) is 6.06. The third-order valence-electron chi connectivity index (χ3n) is 5.20. The number of carbonyl (C=O) groups is 1. The summed E-state index contributed by atoms with van der Waals surface area (Å²) in [5.41, 5.74) is 5.12. The van der Waals surface area contributed by atoms with Gasteiger partial charge in [0.15, 0.2) is 6.10 Å². The van der Waals surface area contributed by atoms with Crippen LogP contribution in [0.25, 0.3) is 0 Å². The normalized spacial score (nSPS) is 15.7. The number of fused-ring (bicyclic) bond motifs is 1. The number of nitrogens with one attached hydrogen (secondary N) is 1. The Balaban J connectivity index is 1.64. The Bertz CT molecular complexity index is 751. The molecule has 1 N–H and O–H groups in total. The number of hydrogen-bond donors (Lipinski definition) is 1. The van der Waals surface area contributed by atoms with Crippen LogP contribution in [0.5, 0.6) is 5.75 Å². The number of rotatable bonds is 6. The summed E-state index contributed by atoms with van der Waals surface area (Å²) < 4.78 is 6.04. The topological polar surface area (TPSA) is 38.3 Å². The summed E-state index contributed by atoms with van der Waals surface area (Å²) in [6.07, 6.45) is 4.95. The molecule has 26 heavy (non-hydrogen) atoms. The van der Waals surface area contributed by atoms with Crippen LogP contribution in [-0.2, 0) is 17.6 Å². The average molecular weight is 351 g/mol. The van der Waals surface area contributed by atoms with Crippen LogP contribution in [0.1, 0.15) is 61.4 Å². The van der Waals surface area contributed by atoms with Crippen molar-refractivity contribution < 1.29 is 9.53 Å². The Labute approximate surface area is 156 Å². The van der Waals surface area contributed by atoms with Gasteiger partial charge in [0.2, 0.25) is 0 Å². The zero-order valence-electron chi connectivity index (χ0n) is 16.0. The van der Waals surface area contributed by atoms with Crippen molar-refractivity contribution in [2.24, 2.45) is 0 Å². The molecule has 0 unspecified atom stereocenters. The molecule has 0 saturated heterocycles. The molecule has 2 aromatic carbocycles. The van der Waals surface area contributed by atoms with E-state index < -0.39 is 6.10 Å². The Morgan fingerprint density at radius 1 is 1.08 bits per heavy atom. The van der Waals surface area contributed by atoms with Crippen molar-refractivity contribution in [1.82, 2.24) is 5.32 Å². The van der Waals surface area contributed by atoms with Crippen LogP contribution in [0, 0.1) is 6.92 Å². The Hall–Kier alpha value is -2.29. The van der Waals surface area contributed by atoms with Gasteiger partial charge in [-0.25, -0.2) is 0 Å². The average Bonchev–Trinajstić information content (AvgIpc) is 2.66. The zero-order valence-corrected chi connectivity index (χ0v) is 16.0. The van der Waals surface area contributed by atoms with Crippen LogP contribution >= 0.6 is 0 Å². The zero-order chi connectivity index (χ0) is 18.5. The van der Waals surface area contributed by atoms with E-state index in [1.54, 1.807) is 0 Å². The van der Waals surface area contributed by atoms with E-state index in [0.717, 1.165) is 24.2 Å². The van der Waals surface area contributed by atoms with Gasteiger partial charge in [0.25, 0.3) is 5.91 Å². The van der Waals surface area contributed by atoms with E-state index in [0.29, 0.717) is 6.42 Å². The van der Waals surface area contributed by atoms with Crippen LogP contribution in [0.2, 0.25) is 0 Å². The lowest BCUT2D eigenvalue weighted by atomic mass is 9.92. The van der Waals surface area contributed by atoms with Gasteiger partial charge in [0, 0.05) is 0 Å². The van der Waals surface area contributed by atoms with Crippen molar-refractivity contribution in [2.45, 2.75) is 65.0 Å². The lowest BCUT2D eigenvalue weighted by Gasteiger charge is -2.22. The summed E-state index contributed by atoms with van der Waals surface area (Å²) in [5.74, 6) is 0.744. The van der Waals surface area contributed by atoms with Gasteiger partial charge in [0.1, 0.15) is 5.75 Å². The highest BCUT2D eigenvalue weighted by Crippen LogP contribution is 2.26. The molecule has 0 saturated carbocycles. The van der Waals surface area contributed by atoms with Crippen LogP contribution < -0.4 is 10.1 Å². The second-order valence-corrected chi connectivity index (χ2v) is 7.29. The molecule has 1 aliphatic rings. The first-order chi connectivity index (χ1) is 12.6. The van der Waals surface area contributed by atoms with Crippen LogP contribution in [0.3, 0.4) is 0 Å². The second kappa shape index (κ2) is 8.39. The maximum Gasteiger partial charge on any atom is 0.261 e. The first kappa shape index (κ1) is 18.5. The summed E-state index contributed by atoms with van der Waals surface area (Å²) in [7, 11) is 0. The van der Waals surface area contributed by atoms with Crippen LogP contribution in [0.4, 0.5) is 0 Å². The van der Waals surface area contributed by atoms with Crippen molar-refractivity contribution in [3.05, 3.63) is 64.7 Å². The molecular weight excluding hydrogens is 322 g/mol. The Kier molecular flexibility index (Phi) is 5.97. The number of carbonyl (C=O) groups excluding carboxylic acids is 1. The van der Waals surface area contributed by atoms with E-state index in [1.165, 1.54) is 29.5 Å². The standard InChI is InChI=1S/C23H29NO2/c1-4-22(23(25)24-17(3)18-11-9-16(2)10-12-18)26-21-14-13-19-7-5-6-8-20(19)15-21/h9-15,17,22H,4-8H2,1-3H3,(H,24,25)/t17-,22+/m1/s1. The van der Waals surface area contributed by atoms with Gasteiger partial charge < -0.3 is 10.1 Å². The molecule has 3 rings (SSSR count). The van der Waals surface area contributed by atoms with Gasteiger partial charge in [-0.05, 0) is 74.8 Å². The molecule has 3 nitrogen and oxygen atoms in total. The minimum atomic E-state index is -0.468. The fourth-order valence-corrected chi connectivity index (χ4v) is 3.51. The van der Waals surface area contributed by atoms with Crippen molar-refractivity contribution in [2.75, 3.05) is 0 Å². The Morgan fingerprint density at radius 2 is 1.77 bits per heavy atom. The molecule has 1 amide bonds. The number of hydrogen-bond acceptors (Lipinski definition) is 2. The number of amides is 1. The third kappa shape index (κ3) is 4.46. The fourth-order valence-electron chi connectivity index (χ4n) is 3.51. The lowest BCUT2D eigenvalue weighted by molar-refractivity contribution is -0.128. The molecular formula is C23H29NO2. The molecule has 0 aliphatic heterocycles. The van der Waals surface area contributed by atoms with Gasteiger partial charge in [-0.1, -0.05) is 42.8 Å². The summed E-state index contributed by atoms with van der Waals surface area (Å²) in [4.78, 5) is 12.7. The molecule has 0 radical (unpaired) electrons. The van der Waals surface area contributed by atoms with Crippen molar-refractivity contribution in [3.8, 4) is 5.75 Å². The van der Waals surface area contributed by atoms with Gasteiger partial charge >= 0.3 is 0 Å². The van der Waals surface area contributed by atoms with Crippen molar-refractivity contribution in [1.29, 1.82) is 0 Å². The minimum absolute atomic E-state index is 0.0377. The minimum Gasteiger partial charge on any atom is -0.481 e. The smallest absolute Gasteiger partial charge is 0.261 e. The molecule has 2 aromatic rings. The second-order valence-electron chi connectivity index (χ2n) is 7.29. The molecule has 0 aromatic heterocycles. The van der Waals surface area contributed by atoms with Gasteiger partial charge in [-0.2, -0.15) is 0 Å². The largest absolute Gasteiger partial charge is 0.481 e. The molecule has 0 heterocycles. The van der Waals surface area contributed by atoms with Gasteiger partial charge in [-0.3, -0.25) is 4.79 Å². The summed E-state index contributed by atoms with van der Waals surface area (Å²) in [5, 5.41) is 3.09. The van der Waals surface area contributed by atoms with Crippen molar-refractivity contribution in [3.63, 3.8) is 0 Å². The van der Waals surface area contributed by atoms with Crippen molar-refractivity contribution >= 4 is 5.91 Å². The first-order valence-corrected chi connectivity index (χ1v) is 9.72. The Morgan fingerprint density at radius 3 is 2.46 bits per heavy atom. The van der Waals surface area contributed by atoms with E-state index in [4.69, 9.17) is 4.74 Å². The van der Waals surface area contributed by atoms with E-state index in [2.05, 4.69) is 48.6 Å². The van der Waals surface area contributed by atoms with Gasteiger partial charge in [-0.15, -0.1) is 0 Å². The number of ether oxygens (including phenoxy) is 1. The highest BCUT2D eigenvalue weighted by atomic mass is 16.5. The molecule has 138 valence electrons. The highest BCUT2D eigenvalue weighted by molar-refractivity contribution is 5.81. The molecule has 0 bridgehead atoms. The number of aryl methyl sites for hydroxylation is 3. The predicted octanol–water partition coefficient (Wildman–Crippen LogP) is 4.91. The van der Waals surface area contributed by atoms with E-state index in [-0.39, 0.29) is 11.9 Å². The maximum absolute atomic E-state index is 12.7. The first-order valence-electron chi connectivity index (χ1n) is 9.72. The third-order valence-corrected chi connectivity index (χ3v) is 5.20. The number of benzene rings is 2. The molecule has 0 fully saturated rings. The van der Waals surface area contributed by atoms with E-state index in [9.17, 15) is 4.79 Å². The predicted molar refractivity (Wildman–Crippen MR) is 106 cm³/mol. The fraction of sp³-hybridized carbons (Fsp3) is 0.435. The highest BCUT2D eigenvalue weighted by Gasteiger charge is 2.21.